The number of carbonyl (C=O) groups excluding carboxylic acids is 1. The van der Waals surface area contributed by atoms with Crippen LogP contribution < -0.4 is 10.6 Å². The summed E-state index contributed by atoms with van der Waals surface area (Å²) in [5, 5.41) is 6.61. The van der Waals surface area contributed by atoms with Crippen LogP contribution in [0.5, 0.6) is 0 Å². The summed E-state index contributed by atoms with van der Waals surface area (Å²) in [7, 11) is 0. The molecule has 1 saturated heterocycles. The highest BCUT2D eigenvalue weighted by molar-refractivity contribution is 5.82. The van der Waals surface area contributed by atoms with Crippen LogP contribution in [-0.4, -0.2) is 25.0 Å². The van der Waals surface area contributed by atoms with Crippen LogP contribution in [0, 0.1) is 17.3 Å². The largest absolute Gasteiger partial charge is 0.353 e. The molecule has 3 rings (SSSR count). The average molecular weight is 236 g/mol. The first-order valence-electron chi connectivity index (χ1n) is 7.21. The molecule has 0 aromatic rings. The molecule has 1 amide bonds. The predicted molar refractivity (Wildman–Crippen MR) is 67.6 cm³/mol. The van der Waals surface area contributed by atoms with Gasteiger partial charge in [-0.25, -0.2) is 0 Å². The Hall–Kier alpha value is -0.570. The van der Waals surface area contributed by atoms with Crippen molar-refractivity contribution in [2.24, 2.45) is 17.3 Å². The third kappa shape index (κ3) is 2.49. The van der Waals surface area contributed by atoms with Crippen LogP contribution in [0.1, 0.15) is 45.4 Å². The Morgan fingerprint density at radius 3 is 2.76 bits per heavy atom. The van der Waals surface area contributed by atoms with E-state index in [1.807, 2.05) is 0 Å². The van der Waals surface area contributed by atoms with Gasteiger partial charge in [0.05, 0.1) is 0 Å². The Labute approximate surface area is 104 Å². The maximum absolute atomic E-state index is 12.2. The number of piperidine rings is 1. The molecular formula is C14H24N2O. The number of hydrogen-bond acceptors (Lipinski definition) is 2. The Morgan fingerprint density at radius 2 is 2.12 bits per heavy atom. The summed E-state index contributed by atoms with van der Waals surface area (Å²) in [6, 6.07) is 0.384. The Bertz CT molecular complexity index is 305. The molecule has 0 aromatic heterocycles. The van der Waals surface area contributed by atoms with Gasteiger partial charge in [-0.1, -0.05) is 12.8 Å². The standard InChI is InChI=1S/C14H24N2O/c1-10(8-11-2-3-11)16-13(17)12-9-14(12)4-6-15-7-5-14/h10-12,15H,2-9H2,1H3,(H,16,17). The van der Waals surface area contributed by atoms with Crippen LogP contribution in [0.15, 0.2) is 0 Å². The highest BCUT2D eigenvalue weighted by Gasteiger charge is 2.57. The summed E-state index contributed by atoms with van der Waals surface area (Å²) in [6.07, 6.45) is 7.46. The molecule has 3 heteroatoms. The van der Waals surface area contributed by atoms with Crippen molar-refractivity contribution >= 4 is 5.91 Å². The summed E-state index contributed by atoms with van der Waals surface area (Å²) in [6.45, 7) is 4.36. The van der Waals surface area contributed by atoms with Crippen LogP contribution in [0.25, 0.3) is 0 Å². The summed E-state index contributed by atoms with van der Waals surface area (Å²) in [5.41, 5.74) is 0.384. The van der Waals surface area contributed by atoms with Crippen LogP contribution in [0.2, 0.25) is 0 Å². The van der Waals surface area contributed by atoms with Gasteiger partial charge in [0.15, 0.2) is 0 Å². The minimum atomic E-state index is 0.325. The van der Waals surface area contributed by atoms with Gasteiger partial charge in [-0.2, -0.15) is 0 Å². The quantitative estimate of drug-likeness (QED) is 0.780. The third-order valence-corrected chi connectivity index (χ3v) is 4.88. The molecule has 2 unspecified atom stereocenters. The molecule has 1 aliphatic heterocycles. The fourth-order valence-electron chi connectivity index (χ4n) is 3.45. The van der Waals surface area contributed by atoms with E-state index in [1.54, 1.807) is 0 Å². The van der Waals surface area contributed by atoms with Gasteiger partial charge in [-0.3, -0.25) is 4.79 Å². The van der Waals surface area contributed by atoms with Crippen molar-refractivity contribution < 1.29 is 4.79 Å². The number of carbonyl (C=O) groups is 1. The summed E-state index contributed by atoms with van der Waals surface area (Å²) in [4.78, 5) is 12.2. The lowest BCUT2D eigenvalue weighted by Crippen LogP contribution is -2.37. The van der Waals surface area contributed by atoms with Gasteiger partial charge >= 0.3 is 0 Å². The van der Waals surface area contributed by atoms with Gasteiger partial charge in [-0.15, -0.1) is 0 Å². The molecule has 17 heavy (non-hydrogen) atoms. The minimum Gasteiger partial charge on any atom is -0.353 e. The van der Waals surface area contributed by atoms with E-state index < -0.39 is 0 Å². The van der Waals surface area contributed by atoms with Gasteiger partial charge in [0.25, 0.3) is 0 Å². The second kappa shape index (κ2) is 4.27. The third-order valence-electron chi connectivity index (χ3n) is 4.88. The fraction of sp³-hybridized carbons (Fsp3) is 0.929. The first kappa shape index (κ1) is 11.5. The molecule has 2 aliphatic carbocycles. The van der Waals surface area contributed by atoms with Gasteiger partial charge < -0.3 is 10.6 Å². The zero-order valence-corrected chi connectivity index (χ0v) is 10.8. The highest BCUT2D eigenvalue weighted by Crippen LogP contribution is 2.58. The van der Waals surface area contributed by atoms with Crippen LogP contribution in [0.4, 0.5) is 0 Å². The smallest absolute Gasteiger partial charge is 0.223 e. The van der Waals surface area contributed by atoms with E-state index in [-0.39, 0.29) is 0 Å². The average Bonchev–Trinajstić information content (AvgIpc) is 3.19. The normalized spacial score (nSPS) is 32.2. The van der Waals surface area contributed by atoms with Crippen molar-refractivity contribution in [3.8, 4) is 0 Å². The second-order valence-electron chi connectivity index (χ2n) is 6.46. The molecule has 2 saturated carbocycles. The molecule has 0 aromatic carbocycles. The van der Waals surface area contributed by atoms with Crippen molar-refractivity contribution in [2.75, 3.05) is 13.1 Å². The highest BCUT2D eigenvalue weighted by atomic mass is 16.2. The van der Waals surface area contributed by atoms with Gasteiger partial charge in [0.1, 0.15) is 0 Å². The maximum Gasteiger partial charge on any atom is 0.223 e. The lowest BCUT2D eigenvalue weighted by Gasteiger charge is -2.23. The second-order valence-corrected chi connectivity index (χ2v) is 6.46. The molecular weight excluding hydrogens is 212 g/mol. The molecule has 96 valence electrons. The lowest BCUT2D eigenvalue weighted by molar-refractivity contribution is -0.123. The van der Waals surface area contributed by atoms with Crippen LogP contribution in [-0.2, 0) is 4.79 Å². The van der Waals surface area contributed by atoms with E-state index in [4.69, 9.17) is 0 Å². The van der Waals surface area contributed by atoms with Crippen molar-refractivity contribution in [1.82, 2.24) is 10.6 Å². The summed E-state index contributed by atoms with van der Waals surface area (Å²) >= 11 is 0. The Balaban J connectivity index is 1.46. The fourth-order valence-corrected chi connectivity index (χ4v) is 3.45. The van der Waals surface area contributed by atoms with Crippen LogP contribution in [0.3, 0.4) is 0 Å². The summed E-state index contributed by atoms with van der Waals surface area (Å²) in [5.74, 6) is 1.56. The molecule has 1 spiro atoms. The van der Waals surface area contributed by atoms with E-state index >= 15 is 0 Å². The molecule has 3 aliphatic rings. The molecule has 0 radical (unpaired) electrons. The first-order valence-corrected chi connectivity index (χ1v) is 7.21. The van der Waals surface area contributed by atoms with Crippen LogP contribution >= 0.6 is 0 Å². The Kier molecular flexibility index (Phi) is 2.89. The van der Waals surface area contributed by atoms with Crippen molar-refractivity contribution in [2.45, 2.75) is 51.5 Å². The van der Waals surface area contributed by atoms with E-state index in [2.05, 4.69) is 17.6 Å². The number of amides is 1. The minimum absolute atomic E-state index is 0.325. The number of rotatable bonds is 4. The van der Waals surface area contributed by atoms with Crippen molar-refractivity contribution in [3.63, 3.8) is 0 Å². The molecule has 2 N–H and O–H groups in total. The zero-order valence-electron chi connectivity index (χ0n) is 10.8. The van der Waals surface area contributed by atoms with Gasteiger partial charge in [-0.05, 0) is 57.0 Å². The summed E-state index contributed by atoms with van der Waals surface area (Å²) < 4.78 is 0. The lowest BCUT2D eigenvalue weighted by atomic mass is 9.91. The van der Waals surface area contributed by atoms with E-state index in [9.17, 15) is 4.79 Å². The molecule has 3 fully saturated rings. The maximum atomic E-state index is 12.2. The number of hydrogen-bond donors (Lipinski definition) is 2. The molecule has 3 nitrogen and oxygen atoms in total. The molecule has 0 bridgehead atoms. The zero-order chi connectivity index (χ0) is 11.9. The topological polar surface area (TPSA) is 41.1 Å². The van der Waals surface area contributed by atoms with Gasteiger partial charge in [0, 0.05) is 12.0 Å². The Morgan fingerprint density at radius 1 is 1.41 bits per heavy atom. The molecule has 2 atom stereocenters. The van der Waals surface area contributed by atoms with E-state index in [1.165, 1.54) is 32.1 Å². The number of nitrogens with one attached hydrogen (secondary N) is 2. The first-order chi connectivity index (χ1) is 8.20. The van der Waals surface area contributed by atoms with Gasteiger partial charge in [0.2, 0.25) is 5.91 Å². The predicted octanol–water partition coefficient (Wildman–Crippen LogP) is 1.68. The van der Waals surface area contributed by atoms with E-state index in [0.29, 0.717) is 23.3 Å². The molecule has 1 heterocycles. The van der Waals surface area contributed by atoms with Crippen molar-refractivity contribution in [3.05, 3.63) is 0 Å². The SMILES string of the molecule is CC(CC1CC1)NC(=O)C1CC12CCNCC2. The monoisotopic (exact) mass is 236 g/mol. The van der Waals surface area contributed by atoms with Crippen molar-refractivity contribution in [1.29, 1.82) is 0 Å². The van der Waals surface area contributed by atoms with E-state index in [0.717, 1.165) is 25.4 Å².